The van der Waals surface area contributed by atoms with Crippen LogP contribution in [0.15, 0.2) is 22.0 Å². The van der Waals surface area contributed by atoms with E-state index in [1.807, 2.05) is 19.2 Å². The average Bonchev–Trinajstić information content (AvgIpc) is 2.93. The molecule has 0 aliphatic rings. The molecule has 1 aromatic carbocycles. The number of nitrogens with zero attached hydrogens (tertiary/aromatic N) is 1. The van der Waals surface area contributed by atoms with Gasteiger partial charge in [0.25, 0.3) is 0 Å². The molecule has 2 aromatic rings. The quantitative estimate of drug-likeness (QED) is 0.861. The molecule has 0 aliphatic heterocycles. The second-order valence-electron chi connectivity index (χ2n) is 4.17. The zero-order valence-corrected chi connectivity index (χ0v) is 14.1. The van der Waals surface area contributed by atoms with Gasteiger partial charge in [0, 0.05) is 30.0 Å². The highest BCUT2D eigenvalue weighted by molar-refractivity contribution is 9.10. The first kappa shape index (κ1) is 15.3. The van der Waals surface area contributed by atoms with Crippen LogP contribution in [0.4, 0.5) is 0 Å². The predicted molar refractivity (Wildman–Crippen MR) is 86.0 cm³/mol. The SMILES string of the molecule is CNCCc1nc(-c2cc(Br)c(OC)cc2OC)cs1. The zero-order valence-electron chi connectivity index (χ0n) is 11.7. The van der Waals surface area contributed by atoms with Crippen LogP contribution in [0.1, 0.15) is 5.01 Å². The minimum atomic E-state index is 0.747. The number of nitrogens with one attached hydrogen (secondary N) is 1. The number of hydrogen-bond donors (Lipinski definition) is 1. The highest BCUT2D eigenvalue weighted by Crippen LogP contribution is 2.38. The molecule has 6 heteroatoms. The van der Waals surface area contributed by atoms with Gasteiger partial charge in [-0.1, -0.05) is 0 Å². The van der Waals surface area contributed by atoms with Crippen LogP contribution in [0, 0.1) is 0 Å². The fourth-order valence-corrected chi connectivity index (χ4v) is 3.15. The lowest BCUT2D eigenvalue weighted by Crippen LogP contribution is -2.09. The van der Waals surface area contributed by atoms with Crippen LogP contribution in [0.3, 0.4) is 0 Å². The number of likely N-dealkylation sites (N-methyl/N-ethyl adjacent to an activating group) is 1. The molecule has 0 saturated heterocycles. The number of methoxy groups -OCH3 is 2. The first-order valence-corrected chi connectivity index (χ1v) is 7.87. The van der Waals surface area contributed by atoms with Crippen LogP contribution in [0.5, 0.6) is 11.5 Å². The van der Waals surface area contributed by atoms with Crippen LogP contribution in [-0.4, -0.2) is 32.8 Å². The smallest absolute Gasteiger partial charge is 0.136 e. The Morgan fingerprint density at radius 1 is 1.25 bits per heavy atom. The summed E-state index contributed by atoms with van der Waals surface area (Å²) in [7, 11) is 5.23. The van der Waals surface area contributed by atoms with E-state index in [2.05, 4.69) is 31.6 Å². The molecule has 0 radical (unpaired) electrons. The second-order valence-corrected chi connectivity index (χ2v) is 5.96. The van der Waals surface area contributed by atoms with Crippen molar-refractivity contribution >= 4 is 27.3 Å². The Kier molecular flexibility index (Phi) is 5.39. The average molecular weight is 357 g/mol. The van der Waals surface area contributed by atoms with Gasteiger partial charge in [-0.2, -0.15) is 0 Å². The Labute approximate surface area is 131 Å². The van der Waals surface area contributed by atoms with E-state index in [9.17, 15) is 0 Å². The molecule has 0 unspecified atom stereocenters. The third-order valence-electron chi connectivity index (χ3n) is 2.89. The summed E-state index contributed by atoms with van der Waals surface area (Å²) >= 11 is 5.17. The van der Waals surface area contributed by atoms with Crippen LogP contribution in [0.25, 0.3) is 11.3 Å². The number of halogens is 1. The molecule has 1 N–H and O–H groups in total. The molecular weight excluding hydrogens is 340 g/mol. The fourth-order valence-electron chi connectivity index (χ4n) is 1.84. The number of thiazole rings is 1. The number of benzene rings is 1. The van der Waals surface area contributed by atoms with Crippen molar-refractivity contribution in [3.8, 4) is 22.8 Å². The molecular formula is C14H17BrN2O2S. The minimum absolute atomic E-state index is 0.747. The lowest BCUT2D eigenvalue weighted by molar-refractivity contribution is 0.393. The zero-order chi connectivity index (χ0) is 14.5. The molecule has 0 atom stereocenters. The van der Waals surface area contributed by atoms with Crippen molar-refractivity contribution in [3.63, 3.8) is 0 Å². The van der Waals surface area contributed by atoms with Gasteiger partial charge in [-0.05, 0) is 29.0 Å². The van der Waals surface area contributed by atoms with Crippen LogP contribution in [0.2, 0.25) is 0 Å². The first-order chi connectivity index (χ1) is 9.69. The van der Waals surface area contributed by atoms with Crippen molar-refractivity contribution in [1.29, 1.82) is 0 Å². The van der Waals surface area contributed by atoms with Crippen molar-refractivity contribution in [3.05, 3.63) is 27.0 Å². The second kappa shape index (κ2) is 7.06. The molecule has 0 amide bonds. The van der Waals surface area contributed by atoms with Gasteiger partial charge >= 0.3 is 0 Å². The largest absolute Gasteiger partial charge is 0.496 e. The van der Waals surface area contributed by atoms with E-state index in [4.69, 9.17) is 9.47 Å². The van der Waals surface area contributed by atoms with Gasteiger partial charge < -0.3 is 14.8 Å². The summed E-state index contributed by atoms with van der Waals surface area (Å²) in [6.45, 7) is 0.927. The summed E-state index contributed by atoms with van der Waals surface area (Å²) in [6.07, 6.45) is 0.931. The monoisotopic (exact) mass is 356 g/mol. The summed E-state index contributed by atoms with van der Waals surface area (Å²) in [5, 5.41) is 6.30. The predicted octanol–water partition coefficient (Wildman–Crippen LogP) is 3.35. The molecule has 1 aromatic heterocycles. The van der Waals surface area contributed by atoms with Gasteiger partial charge in [-0.25, -0.2) is 4.98 Å². The Morgan fingerprint density at radius 3 is 2.65 bits per heavy atom. The Hall–Kier alpha value is -1.11. The van der Waals surface area contributed by atoms with E-state index in [1.165, 1.54) is 0 Å². The van der Waals surface area contributed by atoms with Gasteiger partial charge in [0.15, 0.2) is 0 Å². The Balaban J connectivity index is 2.36. The molecule has 0 saturated carbocycles. The number of rotatable bonds is 6. The maximum absolute atomic E-state index is 5.44. The highest BCUT2D eigenvalue weighted by atomic mass is 79.9. The van der Waals surface area contributed by atoms with Gasteiger partial charge in [-0.3, -0.25) is 0 Å². The topological polar surface area (TPSA) is 43.4 Å². The molecule has 4 nitrogen and oxygen atoms in total. The molecule has 1 heterocycles. The molecule has 108 valence electrons. The van der Waals surface area contributed by atoms with E-state index < -0.39 is 0 Å². The maximum atomic E-state index is 5.44. The molecule has 0 spiro atoms. The third kappa shape index (κ3) is 3.31. The Bertz CT molecular complexity index is 587. The van der Waals surface area contributed by atoms with E-state index in [1.54, 1.807) is 25.6 Å². The molecule has 20 heavy (non-hydrogen) atoms. The molecule has 2 rings (SSSR count). The summed E-state index contributed by atoms with van der Waals surface area (Å²) in [5.41, 5.74) is 1.90. The Morgan fingerprint density at radius 2 is 2.00 bits per heavy atom. The lowest BCUT2D eigenvalue weighted by atomic mass is 10.1. The fraction of sp³-hybridized carbons (Fsp3) is 0.357. The highest BCUT2D eigenvalue weighted by Gasteiger charge is 2.14. The van der Waals surface area contributed by atoms with E-state index in [-0.39, 0.29) is 0 Å². The molecule has 0 fully saturated rings. The van der Waals surface area contributed by atoms with E-state index in [0.717, 1.165) is 45.2 Å². The third-order valence-corrected chi connectivity index (χ3v) is 4.42. The van der Waals surface area contributed by atoms with E-state index >= 15 is 0 Å². The number of aromatic nitrogens is 1. The minimum Gasteiger partial charge on any atom is -0.496 e. The van der Waals surface area contributed by atoms with Crippen molar-refractivity contribution in [2.75, 3.05) is 27.8 Å². The summed E-state index contributed by atoms with van der Waals surface area (Å²) in [5.74, 6) is 1.51. The standard InChI is InChI=1S/C14H17BrN2O2S/c1-16-5-4-14-17-11(8-20-14)9-6-10(15)13(19-3)7-12(9)18-2/h6-8,16H,4-5H2,1-3H3. The molecule has 0 aliphatic carbocycles. The van der Waals surface area contributed by atoms with Crippen LogP contribution >= 0.6 is 27.3 Å². The van der Waals surface area contributed by atoms with Crippen molar-refractivity contribution in [2.45, 2.75) is 6.42 Å². The van der Waals surface area contributed by atoms with E-state index in [0.29, 0.717) is 0 Å². The normalized spacial score (nSPS) is 10.6. The first-order valence-electron chi connectivity index (χ1n) is 6.20. The van der Waals surface area contributed by atoms with Gasteiger partial charge in [0.1, 0.15) is 11.5 Å². The van der Waals surface area contributed by atoms with Gasteiger partial charge in [0.2, 0.25) is 0 Å². The van der Waals surface area contributed by atoms with Gasteiger partial charge in [-0.15, -0.1) is 11.3 Å². The summed E-state index contributed by atoms with van der Waals surface area (Å²) in [4.78, 5) is 4.66. The number of ether oxygens (including phenoxy) is 2. The van der Waals surface area contributed by atoms with Crippen molar-refractivity contribution in [1.82, 2.24) is 10.3 Å². The maximum Gasteiger partial charge on any atom is 0.136 e. The number of hydrogen-bond acceptors (Lipinski definition) is 5. The van der Waals surface area contributed by atoms with Crippen molar-refractivity contribution in [2.24, 2.45) is 0 Å². The summed E-state index contributed by atoms with van der Waals surface area (Å²) < 4.78 is 11.6. The lowest BCUT2D eigenvalue weighted by Gasteiger charge is -2.10. The van der Waals surface area contributed by atoms with Gasteiger partial charge in [0.05, 0.1) is 29.4 Å². The van der Waals surface area contributed by atoms with Crippen LogP contribution < -0.4 is 14.8 Å². The summed E-state index contributed by atoms with van der Waals surface area (Å²) in [6, 6.07) is 3.85. The molecule has 0 bridgehead atoms. The van der Waals surface area contributed by atoms with Crippen molar-refractivity contribution < 1.29 is 9.47 Å². The van der Waals surface area contributed by atoms with Crippen LogP contribution in [-0.2, 0) is 6.42 Å².